The molecule has 6 nitrogen and oxygen atoms in total. The maximum absolute atomic E-state index is 10.5. The number of ether oxygens (including phenoxy) is 4. The van der Waals surface area contributed by atoms with E-state index in [4.69, 9.17) is 18.9 Å². The molecule has 0 unspecified atom stereocenters. The van der Waals surface area contributed by atoms with Crippen molar-refractivity contribution < 1.29 is 29.2 Å². The molecule has 0 radical (unpaired) electrons. The Hall–Kier alpha value is -0.240. The highest BCUT2D eigenvalue weighted by atomic mass is 16.7. The van der Waals surface area contributed by atoms with Gasteiger partial charge in [0.2, 0.25) is 0 Å². The third-order valence-corrected chi connectivity index (χ3v) is 3.08. The highest BCUT2D eigenvalue weighted by Gasteiger charge is 2.47. The Bertz CT molecular complexity index is 319. The van der Waals surface area contributed by atoms with E-state index in [2.05, 4.69) is 0 Å². The molecular weight excluding hydrogens is 276 g/mol. The molecule has 1 saturated heterocycles. The zero-order valence-electron chi connectivity index (χ0n) is 14.1. The topological polar surface area (TPSA) is 77.4 Å². The predicted octanol–water partition coefficient (Wildman–Crippen LogP) is 1.08. The molecule has 0 amide bonds. The van der Waals surface area contributed by atoms with Crippen LogP contribution >= 0.6 is 0 Å². The molecule has 2 N–H and O–H groups in total. The molecule has 0 aromatic carbocycles. The van der Waals surface area contributed by atoms with Gasteiger partial charge in [-0.1, -0.05) is 0 Å². The van der Waals surface area contributed by atoms with Crippen LogP contribution in [0.1, 0.15) is 41.5 Å². The van der Waals surface area contributed by atoms with Crippen LogP contribution in [0.3, 0.4) is 0 Å². The zero-order chi connectivity index (χ0) is 16.4. The lowest BCUT2D eigenvalue weighted by molar-refractivity contribution is -0.314. The molecular formula is C15H30O6. The Labute approximate surface area is 127 Å². The maximum Gasteiger partial charge on any atom is 0.184 e. The summed E-state index contributed by atoms with van der Waals surface area (Å²) in [5.41, 5.74) is -0.832. The Morgan fingerprint density at radius 3 is 1.95 bits per heavy atom. The molecule has 1 heterocycles. The molecule has 0 bridgehead atoms. The van der Waals surface area contributed by atoms with Gasteiger partial charge in [0.15, 0.2) is 6.29 Å². The fourth-order valence-electron chi connectivity index (χ4n) is 2.17. The third kappa shape index (κ3) is 5.81. The van der Waals surface area contributed by atoms with Gasteiger partial charge in [0.25, 0.3) is 0 Å². The summed E-state index contributed by atoms with van der Waals surface area (Å²) in [5.74, 6) is 0. The van der Waals surface area contributed by atoms with Gasteiger partial charge in [0, 0.05) is 7.11 Å². The Morgan fingerprint density at radius 1 is 0.952 bits per heavy atom. The first-order valence-electron chi connectivity index (χ1n) is 7.31. The van der Waals surface area contributed by atoms with Gasteiger partial charge in [-0.2, -0.15) is 0 Å². The largest absolute Gasteiger partial charge is 0.387 e. The maximum atomic E-state index is 10.5. The van der Waals surface area contributed by atoms with Gasteiger partial charge in [0.05, 0.1) is 17.8 Å². The van der Waals surface area contributed by atoms with E-state index in [9.17, 15) is 10.2 Å². The molecule has 5 atom stereocenters. The summed E-state index contributed by atoms with van der Waals surface area (Å²) in [7, 11) is 1.45. The van der Waals surface area contributed by atoms with Crippen molar-refractivity contribution in [2.75, 3.05) is 13.7 Å². The van der Waals surface area contributed by atoms with E-state index in [1.165, 1.54) is 7.11 Å². The normalized spacial score (nSPS) is 35.0. The molecule has 126 valence electrons. The number of hydrogen-bond acceptors (Lipinski definition) is 6. The van der Waals surface area contributed by atoms with Gasteiger partial charge in [0.1, 0.15) is 24.4 Å². The molecule has 0 spiro atoms. The van der Waals surface area contributed by atoms with E-state index in [1.54, 1.807) is 0 Å². The third-order valence-electron chi connectivity index (χ3n) is 3.08. The predicted molar refractivity (Wildman–Crippen MR) is 78.0 cm³/mol. The van der Waals surface area contributed by atoms with Crippen molar-refractivity contribution in [2.45, 2.75) is 83.5 Å². The summed E-state index contributed by atoms with van der Waals surface area (Å²) < 4.78 is 22.1. The van der Waals surface area contributed by atoms with Crippen LogP contribution in [0, 0.1) is 0 Å². The molecule has 1 aliphatic heterocycles. The van der Waals surface area contributed by atoms with Crippen LogP contribution in [0.15, 0.2) is 0 Å². The van der Waals surface area contributed by atoms with Crippen LogP contribution in [0.2, 0.25) is 0 Å². The van der Waals surface area contributed by atoms with Gasteiger partial charge in [-0.15, -0.1) is 0 Å². The molecule has 0 aliphatic carbocycles. The minimum absolute atomic E-state index is 0.169. The quantitative estimate of drug-likeness (QED) is 0.809. The second-order valence-corrected chi connectivity index (χ2v) is 7.37. The second-order valence-electron chi connectivity index (χ2n) is 7.37. The summed E-state index contributed by atoms with van der Waals surface area (Å²) in [6.07, 6.45) is -4.21. The Balaban J connectivity index is 2.81. The molecule has 21 heavy (non-hydrogen) atoms. The lowest BCUT2D eigenvalue weighted by atomic mass is 9.97. The van der Waals surface area contributed by atoms with Crippen LogP contribution in [0.25, 0.3) is 0 Å². The lowest BCUT2D eigenvalue weighted by Gasteiger charge is -2.44. The van der Waals surface area contributed by atoms with E-state index in [-0.39, 0.29) is 12.2 Å². The van der Waals surface area contributed by atoms with Crippen LogP contribution in [0.4, 0.5) is 0 Å². The van der Waals surface area contributed by atoms with Crippen molar-refractivity contribution in [1.29, 1.82) is 0 Å². The summed E-state index contributed by atoms with van der Waals surface area (Å²) >= 11 is 0. The number of aliphatic hydroxyl groups is 2. The smallest absolute Gasteiger partial charge is 0.184 e. The molecule has 1 fully saturated rings. The van der Waals surface area contributed by atoms with Gasteiger partial charge < -0.3 is 29.2 Å². The summed E-state index contributed by atoms with van der Waals surface area (Å²) in [6, 6.07) is 0. The molecule has 1 aliphatic rings. The fourth-order valence-corrected chi connectivity index (χ4v) is 2.17. The molecule has 0 aromatic heterocycles. The summed E-state index contributed by atoms with van der Waals surface area (Å²) in [4.78, 5) is 0. The van der Waals surface area contributed by atoms with Crippen molar-refractivity contribution in [1.82, 2.24) is 0 Å². The molecule has 1 rings (SSSR count). The van der Waals surface area contributed by atoms with Crippen LogP contribution in [-0.4, -0.2) is 65.8 Å². The summed E-state index contributed by atoms with van der Waals surface area (Å²) in [5, 5.41) is 20.5. The average Bonchev–Trinajstić information content (AvgIpc) is 2.29. The van der Waals surface area contributed by atoms with Gasteiger partial charge in [-0.05, 0) is 41.5 Å². The van der Waals surface area contributed by atoms with Crippen molar-refractivity contribution in [3.63, 3.8) is 0 Å². The monoisotopic (exact) mass is 306 g/mol. The number of methoxy groups -OCH3 is 1. The highest BCUT2D eigenvalue weighted by molar-refractivity contribution is 4.92. The van der Waals surface area contributed by atoms with Gasteiger partial charge in [-0.25, -0.2) is 0 Å². The van der Waals surface area contributed by atoms with E-state index >= 15 is 0 Å². The second kappa shape index (κ2) is 6.89. The van der Waals surface area contributed by atoms with Crippen molar-refractivity contribution in [2.24, 2.45) is 0 Å². The van der Waals surface area contributed by atoms with Crippen molar-refractivity contribution >= 4 is 0 Å². The first kappa shape index (κ1) is 18.8. The van der Waals surface area contributed by atoms with E-state index in [1.807, 2.05) is 41.5 Å². The number of aliphatic hydroxyl groups excluding tert-OH is 2. The Kier molecular flexibility index (Phi) is 6.17. The van der Waals surface area contributed by atoms with Crippen molar-refractivity contribution in [3.05, 3.63) is 0 Å². The molecule has 0 saturated carbocycles. The van der Waals surface area contributed by atoms with E-state index in [0.29, 0.717) is 0 Å². The van der Waals surface area contributed by atoms with Gasteiger partial charge >= 0.3 is 0 Å². The number of rotatable bonds is 4. The van der Waals surface area contributed by atoms with Crippen LogP contribution in [0.5, 0.6) is 0 Å². The first-order valence-corrected chi connectivity index (χ1v) is 7.31. The average molecular weight is 306 g/mol. The van der Waals surface area contributed by atoms with Crippen LogP contribution < -0.4 is 0 Å². The minimum Gasteiger partial charge on any atom is -0.387 e. The first-order chi connectivity index (χ1) is 9.44. The molecule has 0 aromatic rings. The van der Waals surface area contributed by atoms with E-state index < -0.39 is 36.3 Å². The van der Waals surface area contributed by atoms with E-state index in [0.717, 1.165) is 0 Å². The molecule has 6 heteroatoms. The van der Waals surface area contributed by atoms with Crippen molar-refractivity contribution in [3.8, 4) is 0 Å². The SMILES string of the molecule is CO[C@@H]1[C@@H](OC(C)(C)C)[C@H](O)[C@@H](COC(C)(C)C)O[C@@H]1O. The lowest BCUT2D eigenvalue weighted by Crippen LogP contribution is -2.61. The van der Waals surface area contributed by atoms with Crippen LogP contribution in [-0.2, 0) is 18.9 Å². The fraction of sp³-hybridized carbons (Fsp3) is 1.00. The minimum atomic E-state index is -1.17. The zero-order valence-corrected chi connectivity index (χ0v) is 14.1. The highest BCUT2D eigenvalue weighted by Crippen LogP contribution is 2.28. The van der Waals surface area contributed by atoms with Gasteiger partial charge in [-0.3, -0.25) is 0 Å². The summed E-state index contributed by atoms with van der Waals surface area (Å²) in [6.45, 7) is 11.6. The standard InChI is InChI=1S/C15H30O6/c1-14(2,3)19-8-9-10(16)11(21-15(4,5)6)12(18-7)13(17)20-9/h9-13,16-17H,8H2,1-7H3/t9-,10-,11+,12-,13+/m1/s1. The number of hydrogen-bond donors (Lipinski definition) is 2. The Morgan fingerprint density at radius 2 is 1.52 bits per heavy atom.